The fourth-order valence-corrected chi connectivity index (χ4v) is 1.43. The first kappa shape index (κ1) is 10.8. The molecule has 0 bridgehead atoms. The fraction of sp³-hybridized carbons (Fsp3) is 0.556. The number of hydrogen-bond acceptors (Lipinski definition) is 3. The van der Waals surface area contributed by atoms with E-state index >= 15 is 0 Å². The Morgan fingerprint density at radius 2 is 2.23 bits per heavy atom. The normalized spacial score (nSPS) is 14.5. The highest BCUT2D eigenvalue weighted by molar-refractivity contribution is 9.10. The van der Waals surface area contributed by atoms with E-state index < -0.39 is 11.5 Å². The lowest BCUT2D eigenvalue weighted by Gasteiger charge is -2.27. The molecule has 3 nitrogen and oxygen atoms in total. The molecule has 0 saturated carbocycles. The van der Waals surface area contributed by atoms with Gasteiger partial charge in [0.25, 0.3) is 0 Å². The van der Waals surface area contributed by atoms with Gasteiger partial charge in [-0.3, -0.25) is 0 Å². The molecule has 0 amide bonds. The maximum absolute atomic E-state index is 9.65. The molecule has 0 radical (unpaired) electrons. The Morgan fingerprint density at radius 1 is 1.62 bits per heavy atom. The quantitative estimate of drug-likeness (QED) is 0.854. The van der Waals surface area contributed by atoms with Crippen LogP contribution in [0.2, 0.25) is 0 Å². The van der Waals surface area contributed by atoms with Crippen LogP contribution < -0.4 is 5.73 Å². The zero-order chi connectivity index (χ0) is 10.1. The van der Waals surface area contributed by atoms with Gasteiger partial charge in [0, 0.05) is 12.0 Å². The van der Waals surface area contributed by atoms with Gasteiger partial charge in [-0.05, 0) is 28.1 Å². The molecule has 13 heavy (non-hydrogen) atoms. The third-order valence-corrected chi connectivity index (χ3v) is 2.69. The van der Waals surface area contributed by atoms with Crippen LogP contribution in [0.5, 0.6) is 0 Å². The molecule has 0 spiro atoms. The molecular formula is C9H14BrNO2. The van der Waals surface area contributed by atoms with Crippen LogP contribution in [0, 0.1) is 0 Å². The molecule has 1 aromatic rings. The van der Waals surface area contributed by atoms with Gasteiger partial charge >= 0.3 is 0 Å². The number of nitrogens with two attached hydrogens (primary N) is 1. The number of halogens is 1. The van der Waals surface area contributed by atoms with Crippen molar-refractivity contribution >= 4 is 15.9 Å². The minimum Gasteiger partial charge on any atom is -0.454 e. The molecule has 74 valence electrons. The summed E-state index contributed by atoms with van der Waals surface area (Å²) in [5, 5.41) is 9.65. The second-order valence-electron chi connectivity index (χ2n) is 3.58. The van der Waals surface area contributed by atoms with E-state index in [0.29, 0.717) is 4.67 Å². The number of furan rings is 1. The summed E-state index contributed by atoms with van der Waals surface area (Å²) in [4.78, 5) is 0. The highest BCUT2D eigenvalue weighted by Crippen LogP contribution is 2.29. The third kappa shape index (κ3) is 2.13. The standard InChI is InChI=1S/C9H14BrNO2/c1-9(2,6(12)5-11)7-3-4-8(10)13-7/h3-4,6,12H,5,11H2,1-2H3. The summed E-state index contributed by atoms with van der Waals surface area (Å²) in [7, 11) is 0. The first-order valence-electron chi connectivity index (χ1n) is 4.12. The largest absolute Gasteiger partial charge is 0.454 e. The van der Waals surface area contributed by atoms with Crippen LogP contribution in [0.4, 0.5) is 0 Å². The Labute approximate surface area is 86.1 Å². The molecular weight excluding hydrogens is 234 g/mol. The average molecular weight is 248 g/mol. The van der Waals surface area contributed by atoms with Gasteiger partial charge in [0.05, 0.1) is 6.10 Å². The van der Waals surface area contributed by atoms with Gasteiger partial charge in [0.15, 0.2) is 4.67 Å². The predicted octanol–water partition coefficient (Wildman–Crippen LogP) is 1.64. The van der Waals surface area contributed by atoms with Crippen LogP contribution in [0.3, 0.4) is 0 Å². The van der Waals surface area contributed by atoms with Crippen molar-refractivity contribution in [2.45, 2.75) is 25.4 Å². The Morgan fingerprint density at radius 3 is 2.62 bits per heavy atom. The summed E-state index contributed by atoms with van der Waals surface area (Å²) in [5.74, 6) is 0.734. The van der Waals surface area contributed by atoms with E-state index in [1.165, 1.54) is 0 Å². The van der Waals surface area contributed by atoms with E-state index in [2.05, 4.69) is 15.9 Å². The molecule has 1 unspecified atom stereocenters. The third-order valence-electron chi connectivity index (χ3n) is 2.26. The zero-order valence-corrected chi connectivity index (χ0v) is 9.34. The minimum absolute atomic E-state index is 0.227. The molecule has 1 aromatic heterocycles. The lowest BCUT2D eigenvalue weighted by Crippen LogP contribution is -2.38. The smallest absolute Gasteiger partial charge is 0.169 e. The summed E-state index contributed by atoms with van der Waals surface area (Å²) >= 11 is 3.22. The van der Waals surface area contributed by atoms with Crippen molar-refractivity contribution in [1.82, 2.24) is 0 Å². The van der Waals surface area contributed by atoms with E-state index in [0.717, 1.165) is 5.76 Å². The Balaban J connectivity index is 2.92. The van der Waals surface area contributed by atoms with Crippen LogP contribution in [0.15, 0.2) is 21.2 Å². The van der Waals surface area contributed by atoms with Crippen LogP contribution in [0.25, 0.3) is 0 Å². The van der Waals surface area contributed by atoms with Crippen LogP contribution in [0.1, 0.15) is 19.6 Å². The summed E-state index contributed by atoms with van der Waals surface area (Å²) < 4.78 is 6.04. The highest BCUT2D eigenvalue weighted by atomic mass is 79.9. The van der Waals surface area contributed by atoms with Gasteiger partial charge in [-0.15, -0.1) is 0 Å². The minimum atomic E-state index is -0.592. The fourth-order valence-electron chi connectivity index (χ4n) is 1.12. The SMILES string of the molecule is CC(C)(c1ccc(Br)o1)C(O)CN. The highest BCUT2D eigenvalue weighted by Gasteiger charge is 2.31. The van der Waals surface area contributed by atoms with Crippen molar-refractivity contribution in [3.8, 4) is 0 Å². The van der Waals surface area contributed by atoms with E-state index in [1.807, 2.05) is 19.9 Å². The predicted molar refractivity (Wildman–Crippen MR) is 54.5 cm³/mol. The number of rotatable bonds is 3. The van der Waals surface area contributed by atoms with E-state index in [4.69, 9.17) is 10.2 Å². The van der Waals surface area contributed by atoms with Crippen molar-refractivity contribution in [2.24, 2.45) is 5.73 Å². The Hall–Kier alpha value is -0.320. The maximum Gasteiger partial charge on any atom is 0.169 e. The van der Waals surface area contributed by atoms with Crippen molar-refractivity contribution in [2.75, 3.05) is 6.54 Å². The average Bonchev–Trinajstić information content (AvgIpc) is 2.50. The van der Waals surface area contributed by atoms with Gasteiger partial charge in [-0.25, -0.2) is 0 Å². The van der Waals surface area contributed by atoms with E-state index in [9.17, 15) is 5.11 Å². The topological polar surface area (TPSA) is 59.4 Å². The molecule has 0 aliphatic heterocycles. The Kier molecular flexibility index (Phi) is 3.16. The van der Waals surface area contributed by atoms with Crippen molar-refractivity contribution in [3.63, 3.8) is 0 Å². The summed E-state index contributed by atoms with van der Waals surface area (Å²) in [6.07, 6.45) is -0.592. The second-order valence-corrected chi connectivity index (χ2v) is 4.36. The molecule has 0 fully saturated rings. The van der Waals surface area contributed by atoms with Crippen LogP contribution in [-0.4, -0.2) is 17.8 Å². The van der Waals surface area contributed by atoms with Crippen molar-refractivity contribution < 1.29 is 9.52 Å². The van der Waals surface area contributed by atoms with E-state index in [-0.39, 0.29) is 6.54 Å². The van der Waals surface area contributed by atoms with Gasteiger partial charge < -0.3 is 15.3 Å². The molecule has 1 atom stereocenters. The molecule has 1 heterocycles. The second kappa shape index (κ2) is 3.82. The van der Waals surface area contributed by atoms with Gasteiger partial charge in [0.2, 0.25) is 0 Å². The molecule has 0 saturated heterocycles. The Bertz CT molecular complexity index is 283. The number of aliphatic hydroxyl groups is 1. The van der Waals surface area contributed by atoms with Crippen molar-refractivity contribution in [1.29, 1.82) is 0 Å². The van der Waals surface area contributed by atoms with Gasteiger partial charge in [-0.2, -0.15) is 0 Å². The summed E-state index contributed by atoms with van der Waals surface area (Å²) in [6.45, 7) is 4.02. The maximum atomic E-state index is 9.65. The summed E-state index contributed by atoms with van der Waals surface area (Å²) in [5.41, 5.74) is 4.96. The van der Waals surface area contributed by atoms with Gasteiger partial charge in [-0.1, -0.05) is 13.8 Å². The zero-order valence-electron chi connectivity index (χ0n) is 7.75. The number of hydrogen-bond donors (Lipinski definition) is 2. The molecule has 3 N–H and O–H groups in total. The lowest BCUT2D eigenvalue weighted by atomic mass is 9.84. The molecule has 1 rings (SSSR count). The number of aliphatic hydroxyl groups excluding tert-OH is 1. The molecule has 0 aliphatic carbocycles. The molecule has 0 aromatic carbocycles. The van der Waals surface area contributed by atoms with Crippen LogP contribution >= 0.6 is 15.9 Å². The summed E-state index contributed by atoms with van der Waals surface area (Å²) in [6, 6.07) is 3.64. The first-order valence-corrected chi connectivity index (χ1v) is 4.91. The monoisotopic (exact) mass is 247 g/mol. The first-order chi connectivity index (χ1) is 5.98. The lowest BCUT2D eigenvalue weighted by molar-refractivity contribution is 0.0936. The van der Waals surface area contributed by atoms with Crippen LogP contribution in [-0.2, 0) is 5.41 Å². The molecule has 4 heteroatoms. The van der Waals surface area contributed by atoms with E-state index in [1.54, 1.807) is 6.07 Å². The van der Waals surface area contributed by atoms with Gasteiger partial charge in [0.1, 0.15) is 5.76 Å². The molecule has 0 aliphatic rings. The van der Waals surface area contributed by atoms with Crippen molar-refractivity contribution in [3.05, 3.63) is 22.6 Å².